The van der Waals surface area contributed by atoms with Crippen LogP contribution in [0.25, 0.3) is 0 Å². The van der Waals surface area contributed by atoms with Gasteiger partial charge in [-0.1, -0.05) is 258 Å². The van der Waals surface area contributed by atoms with Crippen molar-refractivity contribution >= 4 is 7.82 Å². The molecule has 0 aromatic carbocycles. The van der Waals surface area contributed by atoms with Crippen LogP contribution in [0, 0.1) is 0 Å². The maximum absolute atomic E-state index is 12.5. The summed E-state index contributed by atoms with van der Waals surface area (Å²) in [5, 5.41) is 0. The van der Waals surface area contributed by atoms with Gasteiger partial charge in [-0.25, -0.2) is 4.57 Å². The van der Waals surface area contributed by atoms with Crippen LogP contribution in [0.4, 0.5) is 0 Å². The second-order valence-electron chi connectivity index (χ2n) is 19.6. The topological polar surface area (TPSA) is 74.2 Å². The van der Waals surface area contributed by atoms with E-state index < -0.39 is 7.82 Å². The van der Waals surface area contributed by atoms with Crippen molar-refractivity contribution in [3.05, 3.63) is 0 Å². The van der Waals surface area contributed by atoms with Gasteiger partial charge in [-0.3, -0.25) is 9.05 Å². The lowest BCUT2D eigenvalue weighted by atomic mass is 10.0. The number of quaternary nitrogens is 1. The number of phosphoric acid groups is 1. The van der Waals surface area contributed by atoms with Crippen LogP contribution in [-0.4, -0.2) is 76.2 Å². The quantitative estimate of drug-likeness (QED) is 0.0373. The number of hydrogen-bond donors (Lipinski definition) is 1. The summed E-state index contributed by atoms with van der Waals surface area (Å²) in [6, 6.07) is 0. The molecule has 0 aliphatic heterocycles. The number of phosphoric ester groups is 1. The van der Waals surface area contributed by atoms with Crippen LogP contribution in [0.3, 0.4) is 0 Å². The third-order valence-electron chi connectivity index (χ3n) is 12.2. The first-order chi connectivity index (χ1) is 29.2. The van der Waals surface area contributed by atoms with E-state index in [9.17, 15) is 9.46 Å². The summed E-state index contributed by atoms with van der Waals surface area (Å²) in [6.07, 6.45) is 54.4. The summed E-state index contributed by atoms with van der Waals surface area (Å²) in [4.78, 5) is 10.3. The molecular weight excluding hydrogens is 766 g/mol. The van der Waals surface area contributed by atoms with Gasteiger partial charge in [-0.2, -0.15) is 0 Å². The van der Waals surface area contributed by atoms with E-state index in [0.29, 0.717) is 30.8 Å². The molecule has 0 rings (SSSR count). The molecule has 60 heavy (non-hydrogen) atoms. The Morgan fingerprint density at radius 1 is 0.383 bits per heavy atom. The van der Waals surface area contributed by atoms with Crippen LogP contribution < -0.4 is 0 Å². The Bertz CT molecular complexity index is 870. The first-order valence-electron chi connectivity index (χ1n) is 26.8. The molecule has 0 aromatic heterocycles. The van der Waals surface area contributed by atoms with Crippen LogP contribution in [-0.2, 0) is 23.1 Å². The van der Waals surface area contributed by atoms with E-state index >= 15 is 0 Å². The van der Waals surface area contributed by atoms with Gasteiger partial charge < -0.3 is 18.9 Å². The van der Waals surface area contributed by atoms with Crippen molar-refractivity contribution in [2.75, 3.05) is 60.7 Å². The fraction of sp³-hybridized carbons (Fsp3) is 1.00. The molecule has 0 aromatic rings. The molecule has 2 atom stereocenters. The number of nitrogens with zero attached hydrogens (tertiary/aromatic N) is 1. The molecule has 0 fully saturated rings. The monoisotopic (exact) mass is 875 g/mol. The summed E-state index contributed by atoms with van der Waals surface area (Å²) < 4.78 is 36.0. The summed E-state index contributed by atoms with van der Waals surface area (Å²) in [5.74, 6) is 0. The van der Waals surface area contributed by atoms with Gasteiger partial charge >= 0.3 is 7.82 Å². The second kappa shape index (κ2) is 47.0. The molecule has 2 unspecified atom stereocenters. The average Bonchev–Trinajstić information content (AvgIpc) is 3.21. The number of likely N-dealkylation sites (N-methyl/N-ethyl adjacent to an activating group) is 1. The Kier molecular flexibility index (Phi) is 47.0. The molecular formula is C52H109NO6P+. The number of unbranched alkanes of at least 4 members (excludes halogenated alkanes) is 38. The molecule has 8 heteroatoms. The third kappa shape index (κ3) is 50.6. The minimum Gasteiger partial charge on any atom is -0.379 e. The third-order valence-corrected chi connectivity index (χ3v) is 13.2. The van der Waals surface area contributed by atoms with Crippen LogP contribution in [0.5, 0.6) is 0 Å². The van der Waals surface area contributed by atoms with Gasteiger partial charge in [0.1, 0.15) is 19.3 Å². The van der Waals surface area contributed by atoms with Gasteiger partial charge in [0.15, 0.2) is 0 Å². The molecule has 7 nitrogen and oxygen atoms in total. The van der Waals surface area contributed by atoms with Crippen LogP contribution in [0.1, 0.15) is 271 Å². The molecule has 362 valence electrons. The highest BCUT2D eigenvalue weighted by Gasteiger charge is 2.25. The zero-order valence-corrected chi connectivity index (χ0v) is 42.4. The van der Waals surface area contributed by atoms with Crippen LogP contribution in [0.15, 0.2) is 0 Å². The Hall–Kier alpha value is -0.0100. The molecule has 0 saturated carbocycles. The Morgan fingerprint density at radius 2 is 0.667 bits per heavy atom. The fourth-order valence-corrected chi connectivity index (χ4v) is 8.81. The molecule has 0 radical (unpaired) electrons. The maximum Gasteiger partial charge on any atom is 0.472 e. The van der Waals surface area contributed by atoms with Gasteiger partial charge in [-0.15, -0.1) is 0 Å². The lowest BCUT2D eigenvalue weighted by Crippen LogP contribution is -2.37. The zero-order valence-electron chi connectivity index (χ0n) is 41.5. The highest BCUT2D eigenvalue weighted by Crippen LogP contribution is 2.43. The predicted octanol–water partition coefficient (Wildman–Crippen LogP) is 16.9. The minimum atomic E-state index is -4.14. The molecule has 0 aliphatic rings. The van der Waals surface area contributed by atoms with Gasteiger partial charge in [0.25, 0.3) is 0 Å². The average molecular weight is 875 g/mol. The normalized spacial score (nSPS) is 13.6. The maximum atomic E-state index is 12.5. The fourth-order valence-electron chi connectivity index (χ4n) is 8.07. The molecule has 1 N–H and O–H groups in total. The van der Waals surface area contributed by atoms with Crippen molar-refractivity contribution in [2.45, 2.75) is 277 Å². The predicted molar refractivity (Wildman–Crippen MR) is 261 cm³/mol. The Morgan fingerprint density at radius 3 is 0.967 bits per heavy atom. The summed E-state index contributed by atoms with van der Waals surface area (Å²) >= 11 is 0. The minimum absolute atomic E-state index is 0.00337. The smallest absolute Gasteiger partial charge is 0.379 e. The highest BCUT2D eigenvalue weighted by molar-refractivity contribution is 7.47. The largest absolute Gasteiger partial charge is 0.472 e. The summed E-state index contributed by atoms with van der Waals surface area (Å²) in [5.41, 5.74) is 0. The van der Waals surface area contributed by atoms with Gasteiger partial charge in [-0.05, 0) is 12.8 Å². The first-order valence-corrected chi connectivity index (χ1v) is 28.3. The lowest BCUT2D eigenvalue weighted by Gasteiger charge is -2.24. The molecule has 0 saturated heterocycles. The molecule has 0 heterocycles. The summed E-state index contributed by atoms with van der Waals surface area (Å²) in [6.45, 7) is 7.05. The van der Waals surface area contributed by atoms with Gasteiger partial charge in [0, 0.05) is 13.2 Å². The SMILES string of the molecule is CCCCCCCCCCCCCCCCCCCCCCOCC(COP(=O)(O)OCC[N+](C)(C)C)OCCCCCCCCCCCCCCCCCCCCCC. The van der Waals surface area contributed by atoms with Crippen molar-refractivity contribution in [1.82, 2.24) is 0 Å². The van der Waals surface area contributed by atoms with Gasteiger partial charge in [0.05, 0.1) is 34.4 Å². The van der Waals surface area contributed by atoms with Crippen molar-refractivity contribution in [3.63, 3.8) is 0 Å². The van der Waals surface area contributed by atoms with E-state index in [0.717, 1.165) is 19.3 Å². The lowest BCUT2D eigenvalue weighted by molar-refractivity contribution is -0.870. The Labute approximate surface area is 376 Å². The molecule has 0 spiro atoms. The summed E-state index contributed by atoms with van der Waals surface area (Å²) in [7, 11) is 1.93. The van der Waals surface area contributed by atoms with Gasteiger partial charge in [0.2, 0.25) is 0 Å². The van der Waals surface area contributed by atoms with Crippen molar-refractivity contribution in [2.24, 2.45) is 0 Å². The van der Waals surface area contributed by atoms with Crippen molar-refractivity contribution in [3.8, 4) is 0 Å². The van der Waals surface area contributed by atoms with E-state index in [-0.39, 0.29) is 19.3 Å². The first kappa shape index (κ1) is 60.0. The standard InChI is InChI=1S/C52H108NO6P/c1-6-8-10-12-14-16-18-20-22-24-26-28-30-32-34-36-38-40-42-44-47-56-50-52(51-59-60(54,55)58-49-46-53(3,4)5)57-48-45-43-41-39-37-35-33-31-29-27-25-23-21-19-17-15-13-11-9-7-2/h52H,6-51H2,1-5H3/p+1. The highest BCUT2D eigenvalue weighted by atomic mass is 31.2. The van der Waals surface area contributed by atoms with Crippen molar-refractivity contribution in [1.29, 1.82) is 0 Å². The number of rotatable bonds is 52. The molecule has 0 amide bonds. The zero-order chi connectivity index (χ0) is 43.9. The second-order valence-corrected chi connectivity index (χ2v) is 21.1. The molecule has 0 bridgehead atoms. The number of hydrogen-bond acceptors (Lipinski definition) is 5. The Balaban J connectivity index is 3.95. The van der Waals surface area contributed by atoms with Crippen molar-refractivity contribution < 1.29 is 32.5 Å². The number of ether oxygens (including phenoxy) is 2. The molecule has 0 aliphatic carbocycles. The van der Waals surface area contributed by atoms with Crippen LogP contribution >= 0.6 is 7.82 Å². The van der Waals surface area contributed by atoms with E-state index in [1.807, 2.05) is 21.1 Å². The van der Waals surface area contributed by atoms with E-state index in [1.54, 1.807) is 0 Å². The van der Waals surface area contributed by atoms with E-state index in [2.05, 4.69) is 13.8 Å². The van der Waals surface area contributed by atoms with E-state index in [1.165, 1.54) is 238 Å². The van der Waals surface area contributed by atoms with E-state index in [4.69, 9.17) is 18.5 Å². The van der Waals surface area contributed by atoms with Crippen LogP contribution in [0.2, 0.25) is 0 Å².